The zero-order valence-corrected chi connectivity index (χ0v) is 17.9. The topological polar surface area (TPSA) is 131 Å². The lowest BCUT2D eigenvalue weighted by Gasteiger charge is -2.10. The van der Waals surface area contributed by atoms with E-state index in [2.05, 4.69) is 20.6 Å². The molecule has 32 heavy (non-hydrogen) atoms. The minimum Gasteiger partial charge on any atom is -0.441 e. The maximum atomic E-state index is 13.0. The molecule has 160 valence electrons. The van der Waals surface area contributed by atoms with Gasteiger partial charge in [0.1, 0.15) is 0 Å². The van der Waals surface area contributed by atoms with Crippen molar-refractivity contribution in [3.05, 3.63) is 77.3 Å². The molecule has 3 heterocycles. The Morgan fingerprint density at radius 3 is 2.78 bits per heavy atom. The third-order valence-electron chi connectivity index (χ3n) is 4.82. The highest BCUT2D eigenvalue weighted by Gasteiger charge is 2.31. The third kappa shape index (κ3) is 3.47. The molecule has 0 saturated heterocycles. The number of fused-ring (bicyclic) bond motifs is 2. The van der Waals surface area contributed by atoms with E-state index in [-0.39, 0.29) is 33.2 Å². The van der Waals surface area contributed by atoms with E-state index in [1.165, 1.54) is 48.1 Å². The number of hydrogen-bond acceptors (Lipinski definition) is 8. The molecule has 0 aliphatic carbocycles. The summed E-state index contributed by atoms with van der Waals surface area (Å²) in [7, 11) is -3.92. The van der Waals surface area contributed by atoms with Crippen LogP contribution in [0, 0.1) is 0 Å². The molecule has 0 unspecified atom stereocenters. The van der Waals surface area contributed by atoms with Crippen molar-refractivity contribution in [3.8, 4) is 10.8 Å². The Balaban J connectivity index is 1.38. The van der Waals surface area contributed by atoms with Gasteiger partial charge in [-0.15, -0.1) is 11.3 Å². The monoisotopic (exact) mass is 466 g/mol. The molecule has 2 N–H and O–H groups in total. The predicted molar refractivity (Wildman–Crippen MR) is 115 cm³/mol. The van der Waals surface area contributed by atoms with Gasteiger partial charge in [0.25, 0.3) is 11.8 Å². The van der Waals surface area contributed by atoms with Gasteiger partial charge in [-0.25, -0.2) is 18.4 Å². The van der Waals surface area contributed by atoms with Crippen LogP contribution in [0.1, 0.15) is 25.6 Å². The molecular weight excluding hydrogens is 452 g/mol. The van der Waals surface area contributed by atoms with Gasteiger partial charge in [0, 0.05) is 16.6 Å². The SMILES string of the molecule is O=C(NCc1cnc(-c2cnco2)s1)c1ccc2c(c1)NC(=O)c1ccccc1S2(=O)=O. The second kappa shape index (κ2) is 7.70. The van der Waals surface area contributed by atoms with E-state index in [4.69, 9.17) is 4.42 Å². The highest BCUT2D eigenvalue weighted by Crippen LogP contribution is 2.34. The summed E-state index contributed by atoms with van der Waals surface area (Å²) >= 11 is 1.35. The van der Waals surface area contributed by atoms with Crippen LogP contribution in [0.25, 0.3) is 10.8 Å². The zero-order valence-electron chi connectivity index (χ0n) is 16.2. The van der Waals surface area contributed by atoms with Crippen molar-refractivity contribution < 1.29 is 22.4 Å². The normalized spacial score (nSPS) is 14.1. The molecule has 4 aromatic rings. The fourth-order valence-corrected chi connectivity index (χ4v) is 5.69. The summed E-state index contributed by atoms with van der Waals surface area (Å²) < 4.78 is 31.3. The van der Waals surface area contributed by atoms with Crippen molar-refractivity contribution in [1.82, 2.24) is 15.3 Å². The molecule has 1 aliphatic rings. The lowest BCUT2D eigenvalue weighted by molar-refractivity contribution is 0.0949. The van der Waals surface area contributed by atoms with Gasteiger partial charge < -0.3 is 15.1 Å². The number of oxazole rings is 1. The summed E-state index contributed by atoms with van der Waals surface area (Å²) in [6.07, 6.45) is 4.50. The number of thiazole rings is 1. The van der Waals surface area contributed by atoms with Crippen LogP contribution >= 0.6 is 11.3 Å². The molecule has 0 bridgehead atoms. The van der Waals surface area contributed by atoms with Crippen molar-refractivity contribution in [3.63, 3.8) is 0 Å². The molecule has 1 aliphatic heterocycles. The Hall–Kier alpha value is -3.83. The number of hydrogen-bond donors (Lipinski definition) is 2. The largest absolute Gasteiger partial charge is 0.441 e. The van der Waals surface area contributed by atoms with E-state index in [0.717, 1.165) is 4.88 Å². The van der Waals surface area contributed by atoms with E-state index < -0.39 is 21.7 Å². The van der Waals surface area contributed by atoms with Crippen molar-refractivity contribution in [2.24, 2.45) is 0 Å². The minimum absolute atomic E-state index is 0.0578. The van der Waals surface area contributed by atoms with Crippen molar-refractivity contribution in [2.45, 2.75) is 16.3 Å². The van der Waals surface area contributed by atoms with E-state index in [1.807, 2.05) is 0 Å². The molecular formula is C21H14N4O5S2. The molecule has 2 aromatic heterocycles. The smallest absolute Gasteiger partial charge is 0.257 e. The lowest BCUT2D eigenvalue weighted by atomic mass is 10.1. The van der Waals surface area contributed by atoms with Gasteiger partial charge in [0.15, 0.2) is 17.2 Å². The molecule has 0 saturated carbocycles. The van der Waals surface area contributed by atoms with Crippen LogP contribution in [0.3, 0.4) is 0 Å². The standard InChI is InChI=1S/C21H14N4O5S2/c26-19(23-8-13-9-24-21(31-13)16-10-22-11-30-16)12-5-6-18-15(7-12)25-20(27)14-3-1-2-4-17(14)32(18,28)29/h1-7,9-11H,8H2,(H,23,26)(H,25,27). The molecule has 0 radical (unpaired) electrons. The first-order valence-corrected chi connectivity index (χ1v) is 11.6. The van der Waals surface area contributed by atoms with E-state index in [9.17, 15) is 18.0 Å². The molecule has 0 atom stereocenters. The van der Waals surface area contributed by atoms with Crippen LogP contribution in [-0.2, 0) is 16.4 Å². The van der Waals surface area contributed by atoms with Crippen molar-refractivity contribution in [2.75, 3.05) is 5.32 Å². The number of rotatable bonds is 4. The van der Waals surface area contributed by atoms with Crippen LogP contribution in [0.4, 0.5) is 5.69 Å². The van der Waals surface area contributed by atoms with Crippen LogP contribution in [0.2, 0.25) is 0 Å². The molecule has 2 aromatic carbocycles. The quantitative estimate of drug-likeness (QED) is 0.472. The van der Waals surface area contributed by atoms with Gasteiger partial charge in [-0.2, -0.15) is 0 Å². The Morgan fingerprint density at radius 2 is 1.97 bits per heavy atom. The second-order valence-corrected chi connectivity index (χ2v) is 9.85. The fraction of sp³-hybridized carbons (Fsp3) is 0.0476. The van der Waals surface area contributed by atoms with E-state index >= 15 is 0 Å². The number of benzene rings is 2. The van der Waals surface area contributed by atoms with Gasteiger partial charge in [-0.3, -0.25) is 9.59 Å². The number of anilines is 1. The lowest BCUT2D eigenvalue weighted by Crippen LogP contribution is -2.22. The maximum Gasteiger partial charge on any atom is 0.257 e. The Labute approximate surface area is 186 Å². The Morgan fingerprint density at radius 1 is 1.12 bits per heavy atom. The molecule has 0 spiro atoms. The third-order valence-corrected chi connectivity index (χ3v) is 7.70. The fourth-order valence-electron chi connectivity index (χ4n) is 3.29. The highest BCUT2D eigenvalue weighted by molar-refractivity contribution is 7.91. The summed E-state index contributed by atoms with van der Waals surface area (Å²) in [4.78, 5) is 34.0. The maximum absolute atomic E-state index is 13.0. The zero-order chi connectivity index (χ0) is 22.3. The van der Waals surface area contributed by atoms with Gasteiger partial charge in [0.05, 0.1) is 33.8 Å². The number of nitrogens with one attached hydrogen (secondary N) is 2. The van der Waals surface area contributed by atoms with Gasteiger partial charge in [-0.1, -0.05) is 12.1 Å². The highest BCUT2D eigenvalue weighted by atomic mass is 32.2. The van der Waals surface area contributed by atoms with Gasteiger partial charge >= 0.3 is 0 Å². The van der Waals surface area contributed by atoms with Crippen LogP contribution in [0.15, 0.2) is 75.5 Å². The van der Waals surface area contributed by atoms with E-state index in [1.54, 1.807) is 24.5 Å². The average molecular weight is 467 g/mol. The first-order chi connectivity index (χ1) is 15.4. The van der Waals surface area contributed by atoms with Crippen LogP contribution in [-0.4, -0.2) is 30.2 Å². The molecule has 11 heteroatoms. The minimum atomic E-state index is -3.92. The average Bonchev–Trinajstić information content (AvgIpc) is 3.47. The van der Waals surface area contributed by atoms with Gasteiger partial charge in [0.2, 0.25) is 9.84 Å². The van der Waals surface area contributed by atoms with Crippen molar-refractivity contribution >= 4 is 38.7 Å². The second-order valence-electron chi connectivity index (χ2n) is 6.84. The first kappa shape index (κ1) is 20.1. The Bertz CT molecular complexity index is 1460. The molecule has 2 amide bonds. The predicted octanol–water partition coefficient (Wildman–Crippen LogP) is 3.13. The number of amides is 2. The summed E-state index contributed by atoms with van der Waals surface area (Å²) in [5.74, 6) is -0.433. The number of sulfone groups is 1. The summed E-state index contributed by atoms with van der Waals surface area (Å²) in [5, 5.41) is 6.01. The summed E-state index contributed by atoms with van der Waals surface area (Å²) in [6, 6.07) is 10.1. The number of carbonyl (C=O) groups excluding carboxylic acids is 2. The van der Waals surface area contributed by atoms with E-state index in [0.29, 0.717) is 10.8 Å². The van der Waals surface area contributed by atoms with Crippen molar-refractivity contribution in [1.29, 1.82) is 0 Å². The number of carbonyl (C=O) groups is 2. The Kier molecular flexibility index (Phi) is 4.83. The molecule has 0 fully saturated rings. The molecule has 9 nitrogen and oxygen atoms in total. The summed E-state index contributed by atoms with van der Waals surface area (Å²) in [6.45, 7) is 0.220. The number of aromatic nitrogens is 2. The molecule has 5 rings (SSSR count). The number of nitrogens with zero attached hydrogens (tertiary/aromatic N) is 2. The summed E-state index contributed by atoms with van der Waals surface area (Å²) in [5.41, 5.74) is 0.330. The first-order valence-electron chi connectivity index (χ1n) is 9.35. The van der Waals surface area contributed by atoms with Crippen LogP contribution in [0.5, 0.6) is 0 Å². The van der Waals surface area contributed by atoms with Crippen LogP contribution < -0.4 is 10.6 Å². The van der Waals surface area contributed by atoms with Gasteiger partial charge in [-0.05, 0) is 30.3 Å².